The van der Waals surface area contributed by atoms with Gasteiger partial charge in [0.05, 0.1) is 12.7 Å². The van der Waals surface area contributed by atoms with Crippen LogP contribution in [0.3, 0.4) is 0 Å². The number of rotatable bonds is 3. The van der Waals surface area contributed by atoms with Crippen LogP contribution in [0.5, 0.6) is 0 Å². The van der Waals surface area contributed by atoms with Crippen LogP contribution in [-0.4, -0.2) is 31.1 Å². The fourth-order valence-corrected chi connectivity index (χ4v) is 2.68. The van der Waals surface area contributed by atoms with Crippen molar-refractivity contribution in [1.29, 1.82) is 0 Å². The zero-order chi connectivity index (χ0) is 14.7. The molecule has 0 amide bonds. The van der Waals surface area contributed by atoms with Gasteiger partial charge < -0.3 is 4.74 Å². The number of ether oxygens (including phenoxy) is 1. The van der Waals surface area contributed by atoms with Crippen molar-refractivity contribution in [2.45, 2.75) is 26.8 Å². The first-order chi connectivity index (χ1) is 9.51. The highest BCUT2D eigenvalue weighted by Gasteiger charge is 2.23. The SMILES string of the molecule is COC(=O)c1ccc(CN2CCC(C)C(C)C2)cc1F. The number of carbonyl (C=O) groups excluding carboxylic acids is 1. The number of benzene rings is 1. The van der Waals surface area contributed by atoms with E-state index in [4.69, 9.17) is 0 Å². The number of methoxy groups -OCH3 is 1. The van der Waals surface area contributed by atoms with Crippen molar-refractivity contribution in [3.8, 4) is 0 Å². The highest BCUT2D eigenvalue weighted by Crippen LogP contribution is 2.24. The number of likely N-dealkylation sites (tertiary alicyclic amines) is 1. The van der Waals surface area contributed by atoms with E-state index in [-0.39, 0.29) is 5.56 Å². The molecule has 1 fully saturated rings. The number of halogens is 1. The maximum Gasteiger partial charge on any atom is 0.340 e. The third kappa shape index (κ3) is 3.37. The summed E-state index contributed by atoms with van der Waals surface area (Å²) in [4.78, 5) is 13.7. The van der Waals surface area contributed by atoms with E-state index in [1.807, 2.05) is 0 Å². The molecule has 1 aliphatic rings. The van der Waals surface area contributed by atoms with Crippen molar-refractivity contribution < 1.29 is 13.9 Å². The molecule has 4 heteroatoms. The van der Waals surface area contributed by atoms with Gasteiger partial charge in [-0.25, -0.2) is 9.18 Å². The number of nitrogens with zero attached hydrogens (tertiary/aromatic N) is 1. The molecule has 2 rings (SSSR count). The topological polar surface area (TPSA) is 29.5 Å². The second kappa shape index (κ2) is 6.35. The fourth-order valence-electron chi connectivity index (χ4n) is 2.68. The zero-order valence-corrected chi connectivity index (χ0v) is 12.4. The van der Waals surface area contributed by atoms with Crippen molar-refractivity contribution in [1.82, 2.24) is 4.90 Å². The second-order valence-electron chi connectivity index (χ2n) is 5.78. The van der Waals surface area contributed by atoms with E-state index in [0.717, 1.165) is 31.1 Å². The van der Waals surface area contributed by atoms with Gasteiger partial charge in [0.15, 0.2) is 0 Å². The van der Waals surface area contributed by atoms with Crippen LogP contribution in [0.4, 0.5) is 4.39 Å². The summed E-state index contributed by atoms with van der Waals surface area (Å²) >= 11 is 0. The molecule has 3 nitrogen and oxygen atoms in total. The molecule has 2 unspecified atom stereocenters. The fraction of sp³-hybridized carbons (Fsp3) is 0.562. The summed E-state index contributed by atoms with van der Waals surface area (Å²) in [6.45, 7) is 7.37. The largest absolute Gasteiger partial charge is 0.465 e. The van der Waals surface area contributed by atoms with E-state index >= 15 is 0 Å². The predicted octanol–water partition coefficient (Wildman–Crippen LogP) is 3.09. The van der Waals surface area contributed by atoms with Gasteiger partial charge in [0.1, 0.15) is 5.82 Å². The molecule has 1 aromatic rings. The lowest BCUT2D eigenvalue weighted by Crippen LogP contribution is -2.37. The van der Waals surface area contributed by atoms with Gasteiger partial charge in [0, 0.05) is 13.1 Å². The normalized spacial score (nSPS) is 23.6. The van der Waals surface area contributed by atoms with Crippen LogP contribution in [0.2, 0.25) is 0 Å². The molecule has 1 aliphatic heterocycles. The molecule has 1 heterocycles. The summed E-state index contributed by atoms with van der Waals surface area (Å²) in [6.07, 6.45) is 1.18. The van der Waals surface area contributed by atoms with E-state index in [0.29, 0.717) is 5.92 Å². The molecule has 2 atom stereocenters. The molecule has 0 N–H and O–H groups in total. The molecule has 0 saturated carbocycles. The Morgan fingerprint density at radius 3 is 2.75 bits per heavy atom. The van der Waals surface area contributed by atoms with Crippen molar-refractivity contribution in [3.05, 3.63) is 35.1 Å². The standard InChI is InChI=1S/C16H22FNO2/c1-11-6-7-18(9-12(11)2)10-13-4-5-14(15(17)8-13)16(19)20-3/h4-5,8,11-12H,6-7,9-10H2,1-3H3. The Balaban J connectivity index is 2.04. The Morgan fingerprint density at radius 1 is 1.40 bits per heavy atom. The van der Waals surface area contributed by atoms with Gasteiger partial charge in [0.2, 0.25) is 0 Å². The van der Waals surface area contributed by atoms with E-state index < -0.39 is 11.8 Å². The smallest absolute Gasteiger partial charge is 0.340 e. The first kappa shape index (κ1) is 15.0. The van der Waals surface area contributed by atoms with Crippen LogP contribution in [0, 0.1) is 17.7 Å². The first-order valence-electron chi connectivity index (χ1n) is 7.10. The van der Waals surface area contributed by atoms with Gasteiger partial charge in [0.25, 0.3) is 0 Å². The van der Waals surface area contributed by atoms with Crippen LogP contribution in [-0.2, 0) is 11.3 Å². The number of piperidine rings is 1. The number of hydrogen-bond acceptors (Lipinski definition) is 3. The number of esters is 1. The monoisotopic (exact) mass is 279 g/mol. The summed E-state index contributed by atoms with van der Waals surface area (Å²) in [6, 6.07) is 4.75. The van der Waals surface area contributed by atoms with Gasteiger partial charge in [-0.05, 0) is 42.5 Å². The van der Waals surface area contributed by atoms with Crippen LogP contribution < -0.4 is 0 Å². The zero-order valence-electron chi connectivity index (χ0n) is 12.4. The Kier molecular flexibility index (Phi) is 4.76. The van der Waals surface area contributed by atoms with Crippen molar-refractivity contribution >= 4 is 5.97 Å². The molecule has 0 aromatic heterocycles. The second-order valence-corrected chi connectivity index (χ2v) is 5.78. The van der Waals surface area contributed by atoms with Gasteiger partial charge in [-0.3, -0.25) is 4.90 Å². The summed E-state index contributed by atoms with van der Waals surface area (Å²) in [5.74, 6) is 0.287. The van der Waals surface area contributed by atoms with Crippen LogP contribution in [0.1, 0.15) is 36.2 Å². The minimum Gasteiger partial charge on any atom is -0.465 e. The van der Waals surface area contributed by atoms with Gasteiger partial charge in [-0.1, -0.05) is 19.9 Å². The minimum atomic E-state index is -0.630. The predicted molar refractivity (Wildman–Crippen MR) is 76.0 cm³/mol. The molecular weight excluding hydrogens is 257 g/mol. The van der Waals surface area contributed by atoms with Crippen LogP contribution >= 0.6 is 0 Å². The molecule has 1 saturated heterocycles. The average Bonchev–Trinajstić information content (AvgIpc) is 2.42. The molecule has 110 valence electrons. The minimum absolute atomic E-state index is 0.00288. The molecular formula is C16H22FNO2. The maximum atomic E-state index is 13.9. The van der Waals surface area contributed by atoms with Gasteiger partial charge in [-0.15, -0.1) is 0 Å². The third-order valence-electron chi connectivity index (χ3n) is 4.26. The van der Waals surface area contributed by atoms with Crippen molar-refractivity contribution in [2.24, 2.45) is 11.8 Å². The Hall–Kier alpha value is -1.42. The Morgan fingerprint density at radius 2 is 2.15 bits per heavy atom. The maximum absolute atomic E-state index is 13.9. The summed E-state index contributed by atoms with van der Waals surface area (Å²) < 4.78 is 18.4. The van der Waals surface area contributed by atoms with Crippen molar-refractivity contribution in [2.75, 3.05) is 20.2 Å². The van der Waals surface area contributed by atoms with Gasteiger partial charge >= 0.3 is 5.97 Å². The molecule has 0 spiro atoms. The first-order valence-corrected chi connectivity index (χ1v) is 7.10. The molecule has 0 bridgehead atoms. The third-order valence-corrected chi connectivity index (χ3v) is 4.26. The highest BCUT2D eigenvalue weighted by molar-refractivity contribution is 5.89. The number of hydrogen-bond donors (Lipinski definition) is 0. The Labute approximate surface area is 119 Å². The van der Waals surface area contributed by atoms with E-state index in [1.165, 1.54) is 25.7 Å². The highest BCUT2D eigenvalue weighted by atomic mass is 19.1. The van der Waals surface area contributed by atoms with E-state index in [9.17, 15) is 9.18 Å². The lowest BCUT2D eigenvalue weighted by molar-refractivity contribution is 0.0595. The Bertz CT molecular complexity index is 489. The summed E-state index contributed by atoms with van der Waals surface area (Å²) in [5.41, 5.74) is 0.897. The number of carbonyl (C=O) groups is 1. The molecule has 0 radical (unpaired) electrons. The lowest BCUT2D eigenvalue weighted by atomic mass is 9.88. The summed E-state index contributed by atoms with van der Waals surface area (Å²) in [5, 5.41) is 0. The van der Waals surface area contributed by atoms with E-state index in [1.54, 1.807) is 6.07 Å². The molecule has 0 aliphatic carbocycles. The van der Waals surface area contributed by atoms with Crippen LogP contribution in [0.25, 0.3) is 0 Å². The van der Waals surface area contributed by atoms with E-state index in [2.05, 4.69) is 23.5 Å². The van der Waals surface area contributed by atoms with Crippen molar-refractivity contribution in [3.63, 3.8) is 0 Å². The lowest BCUT2D eigenvalue weighted by Gasteiger charge is -2.35. The summed E-state index contributed by atoms with van der Waals surface area (Å²) in [7, 11) is 1.26. The molecule has 20 heavy (non-hydrogen) atoms. The quantitative estimate of drug-likeness (QED) is 0.796. The van der Waals surface area contributed by atoms with Crippen LogP contribution in [0.15, 0.2) is 18.2 Å². The van der Waals surface area contributed by atoms with Gasteiger partial charge in [-0.2, -0.15) is 0 Å². The average molecular weight is 279 g/mol. The molecule has 1 aromatic carbocycles.